The maximum absolute atomic E-state index is 13.6. The Balaban J connectivity index is 1.20. The lowest BCUT2D eigenvalue weighted by Gasteiger charge is -2.38. The molecular weight excluding hydrogens is 534 g/mol. The minimum absolute atomic E-state index is 0.158. The minimum Gasteiger partial charge on any atom is -0.497 e. The molecule has 5 aromatic rings. The second-order valence-corrected chi connectivity index (χ2v) is 10.6. The van der Waals surface area contributed by atoms with E-state index in [-0.39, 0.29) is 12.4 Å². The molecule has 214 valence electrons. The Labute approximate surface area is 242 Å². The van der Waals surface area contributed by atoms with Crippen LogP contribution < -0.4 is 19.8 Å². The van der Waals surface area contributed by atoms with Crippen molar-refractivity contribution in [2.24, 2.45) is 0 Å². The summed E-state index contributed by atoms with van der Waals surface area (Å²) in [4.78, 5) is 21.4. The van der Waals surface area contributed by atoms with E-state index in [1.807, 2.05) is 60.7 Å². The van der Waals surface area contributed by atoms with Gasteiger partial charge in [-0.1, -0.05) is 36.4 Å². The van der Waals surface area contributed by atoms with Crippen LogP contribution in [0.25, 0.3) is 10.9 Å². The van der Waals surface area contributed by atoms with Crippen LogP contribution in [-0.2, 0) is 13.1 Å². The molecule has 0 radical (unpaired) electrons. The molecule has 0 spiro atoms. The van der Waals surface area contributed by atoms with E-state index in [1.54, 1.807) is 11.8 Å². The van der Waals surface area contributed by atoms with Crippen LogP contribution in [-0.4, -0.2) is 75.1 Å². The van der Waals surface area contributed by atoms with Crippen LogP contribution >= 0.6 is 0 Å². The summed E-state index contributed by atoms with van der Waals surface area (Å²) >= 11 is 0. The Morgan fingerprint density at radius 2 is 1.74 bits per heavy atom. The fraction of sp³-hybridized carbons (Fsp3) is 0.290. The number of nitrogens with zero attached hydrogens (tertiary/aromatic N) is 6. The van der Waals surface area contributed by atoms with Gasteiger partial charge >= 0.3 is 0 Å². The number of tetrazole rings is 1. The first-order valence-corrected chi connectivity index (χ1v) is 14.0. The van der Waals surface area contributed by atoms with Crippen molar-refractivity contribution in [3.05, 3.63) is 106 Å². The fourth-order valence-electron chi connectivity index (χ4n) is 5.78. The van der Waals surface area contributed by atoms with Gasteiger partial charge in [0.05, 0.1) is 13.7 Å². The lowest BCUT2D eigenvalue weighted by molar-refractivity contribution is 0.0998. The first-order valence-electron chi connectivity index (χ1n) is 14.0. The molecule has 1 saturated heterocycles. The molecule has 2 aliphatic heterocycles. The number of pyridine rings is 1. The fourth-order valence-corrected chi connectivity index (χ4v) is 5.78. The van der Waals surface area contributed by atoms with Crippen molar-refractivity contribution in [2.75, 3.05) is 40.1 Å². The predicted octanol–water partition coefficient (Wildman–Crippen LogP) is 3.21. The highest BCUT2D eigenvalue weighted by Crippen LogP contribution is 2.33. The van der Waals surface area contributed by atoms with Crippen molar-refractivity contribution in [1.82, 2.24) is 35.0 Å². The highest BCUT2D eigenvalue weighted by atomic mass is 16.7. The number of rotatable bonds is 8. The first kappa shape index (κ1) is 26.2. The molecule has 0 unspecified atom stereocenters. The van der Waals surface area contributed by atoms with Gasteiger partial charge in [0.2, 0.25) is 6.79 Å². The molecule has 11 nitrogen and oxygen atoms in total. The lowest BCUT2D eigenvalue weighted by Crippen LogP contribution is -2.48. The number of hydrogen-bond donors (Lipinski definition) is 1. The molecule has 42 heavy (non-hydrogen) atoms. The van der Waals surface area contributed by atoms with Crippen molar-refractivity contribution in [3.8, 4) is 17.2 Å². The number of aromatic nitrogens is 5. The minimum atomic E-state index is -0.434. The van der Waals surface area contributed by atoms with Crippen LogP contribution in [0, 0.1) is 0 Å². The van der Waals surface area contributed by atoms with E-state index < -0.39 is 6.04 Å². The van der Waals surface area contributed by atoms with Crippen LogP contribution in [0.15, 0.2) is 77.6 Å². The Morgan fingerprint density at radius 3 is 2.57 bits per heavy atom. The summed E-state index contributed by atoms with van der Waals surface area (Å²) in [7, 11) is 1.64. The third-order valence-corrected chi connectivity index (χ3v) is 7.97. The molecule has 11 heteroatoms. The maximum atomic E-state index is 13.6. The summed E-state index contributed by atoms with van der Waals surface area (Å²) in [6, 6.07) is 23.3. The van der Waals surface area contributed by atoms with Gasteiger partial charge in [0.15, 0.2) is 17.3 Å². The van der Waals surface area contributed by atoms with E-state index in [1.165, 1.54) is 5.56 Å². The standard InChI is InChI=1S/C31H31N7O4/c1-40-24-8-9-26-23(16-24)17-25(31(39)32-26)29(30-33-34-35-38(30)19-21-5-3-2-4-6-21)37-13-11-36(12-14-37)18-22-7-10-27-28(15-22)42-20-41-27/h2-10,15-17,29H,11-14,18-20H2,1H3,(H,32,39)/t29-/m0/s1. The molecular formula is C31H31N7O4. The predicted molar refractivity (Wildman–Crippen MR) is 156 cm³/mol. The number of fused-ring (bicyclic) bond motifs is 2. The summed E-state index contributed by atoms with van der Waals surface area (Å²) in [5.41, 5.74) is 3.45. The number of hydrogen-bond acceptors (Lipinski definition) is 9. The van der Waals surface area contributed by atoms with E-state index in [0.717, 1.165) is 66.4 Å². The van der Waals surface area contributed by atoms with Gasteiger partial charge in [-0.25, -0.2) is 4.68 Å². The summed E-state index contributed by atoms with van der Waals surface area (Å²) < 4.78 is 18.3. The van der Waals surface area contributed by atoms with Crippen LogP contribution in [0.4, 0.5) is 0 Å². The highest BCUT2D eigenvalue weighted by Gasteiger charge is 2.33. The second kappa shape index (κ2) is 11.3. The van der Waals surface area contributed by atoms with Crippen molar-refractivity contribution in [2.45, 2.75) is 19.1 Å². The molecule has 1 atom stereocenters. The van der Waals surface area contributed by atoms with E-state index in [4.69, 9.17) is 14.2 Å². The third-order valence-electron chi connectivity index (χ3n) is 7.97. The smallest absolute Gasteiger partial charge is 0.253 e. The highest BCUT2D eigenvalue weighted by molar-refractivity contribution is 5.80. The third kappa shape index (κ3) is 5.19. The van der Waals surface area contributed by atoms with Crippen molar-refractivity contribution >= 4 is 10.9 Å². The Hall–Kier alpha value is -4.74. The van der Waals surface area contributed by atoms with Crippen molar-refractivity contribution in [3.63, 3.8) is 0 Å². The van der Waals surface area contributed by atoms with Gasteiger partial charge in [-0.2, -0.15) is 0 Å². The average molecular weight is 566 g/mol. The molecule has 3 aromatic carbocycles. The number of aromatic amines is 1. The van der Waals surface area contributed by atoms with Gasteiger partial charge in [-0.05, 0) is 58.0 Å². The molecule has 2 aromatic heterocycles. The van der Waals surface area contributed by atoms with Crippen molar-refractivity contribution < 1.29 is 14.2 Å². The molecule has 0 aliphatic carbocycles. The SMILES string of the molecule is COc1ccc2[nH]c(=O)c([C@@H](c3nnnn3Cc3ccccc3)N3CCN(Cc4ccc5c(c4)OCO5)CC3)cc2c1. The Morgan fingerprint density at radius 1 is 0.905 bits per heavy atom. The van der Waals surface area contributed by atoms with Crippen LogP contribution in [0.2, 0.25) is 0 Å². The van der Waals surface area contributed by atoms with Crippen LogP contribution in [0.5, 0.6) is 17.2 Å². The molecule has 4 heterocycles. The zero-order valence-electron chi connectivity index (χ0n) is 23.3. The van der Waals surface area contributed by atoms with Gasteiger partial charge in [0, 0.05) is 49.2 Å². The van der Waals surface area contributed by atoms with Crippen molar-refractivity contribution in [1.29, 1.82) is 0 Å². The normalized spacial score (nSPS) is 16.1. The number of nitrogens with one attached hydrogen (secondary N) is 1. The van der Waals surface area contributed by atoms with Gasteiger partial charge in [0.1, 0.15) is 11.8 Å². The lowest BCUT2D eigenvalue weighted by atomic mass is 10.0. The first-order chi connectivity index (χ1) is 20.6. The summed E-state index contributed by atoms with van der Waals surface area (Å²) in [6.07, 6.45) is 0. The summed E-state index contributed by atoms with van der Waals surface area (Å²) in [5, 5.41) is 13.8. The summed E-state index contributed by atoms with van der Waals surface area (Å²) in [5.74, 6) is 2.94. The number of ether oxygens (including phenoxy) is 3. The van der Waals surface area contributed by atoms with E-state index in [9.17, 15) is 4.79 Å². The number of benzene rings is 3. The second-order valence-electron chi connectivity index (χ2n) is 10.6. The quantitative estimate of drug-likeness (QED) is 0.303. The van der Waals surface area contributed by atoms with Gasteiger partial charge in [-0.3, -0.25) is 14.6 Å². The van der Waals surface area contributed by atoms with E-state index in [2.05, 4.69) is 42.4 Å². The Kier molecular flexibility index (Phi) is 7.02. The molecule has 7 rings (SSSR count). The monoisotopic (exact) mass is 565 g/mol. The average Bonchev–Trinajstić information content (AvgIpc) is 3.68. The zero-order valence-corrected chi connectivity index (χ0v) is 23.3. The maximum Gasteiger partial charge on any atom is 0.253 e. The zero-order chi connectivity index (χ0) is 28.5. The van der Waals surface area contributed by atoms with Gasteiger partial charge in [0.25, 0.3) is 5.56 Å². The van der Waals surface area contributed by atoms with Gasteiger partial charge < -0.3 is 19.2 Å². The van der Waals surface area contributed by atoms with E-state index in [0.29, 0.717) is 17.9 Å². The van der Waals surface area contributed by atoms with Crippen LogP contribution in [0.1, 0.15) is 28.6 Å². The molecule has 0 bridgehead atoms. The van der Waals surface area contributed by atoms with Gasteiger partial charge in [-0.15, -0.1) is 5.10 Å². The number of piperazine rings is 1. The number of methoxy groups -OCH3 is 1. The molecule has 0 saturated carbocycles. The number of H-pyrrole nitrogens is 1. The largest absolute Gasteiger partial charge is 0.497 e. The van der Waals surface area contributed by atoms with E-state index >= 15 is 0 Å². The molecule has 0 amide bonds. The topological polar surface area (TPSA) is 111 Å². The molecule has 1 N–H and O–H groups in total. The Bertz CT molecular complexity index is 1760. The summed E-state index contributed by atoms with van der Waals surface area (Å²) in [6.45, 7) is 4.70. The van der Waals surface area contributed by atoms with Crippen LogP contribution in [0.3, 0.4) is 0 Å². The molecule has 2 aliphatic rings. The molecule has 1 fully saturated rings.